The van der Waals surface area contributed by atoms with Gasteiger partial charge in [0, 0.05) is 52.6 Å². The lowest BCUT2D eigenvalue weighted by Gasteiger charge is -2.35. The van der Waals surface area contributed by atoms with Gasteiger partial charge in [-0.1, -0.05) is 0 Å². The molecule has 1 aromatic rings. The monoisotopic (exact) mass is 260 g/mol. The van der Waals surface area contributed by atoms with Crippen molar-refractivity contribution in [1.82, 2.24) is 9.88 Å². The molecule has 1 aromatic heterocycles. The van der Waals surface area contributed by atoms with Crippen LogP contribution < -0.4 is 4.90 Å². The van der Waals surface area contributed by atoms with Crippen LogP contribution in [0.3, 0.4) is 0 Å². The van der Waals surface area contributed by atoms with Gasteiger partial charge in [-0.2, -0.15) is 5.26 Å². The van der Waals surface area contributed by atoms with Crippen molar-refractivity contribution in [3.63, 3.8) is 0 Å². The van der Waals surface area contributed by atoms with Gasteiger partial charge in [-0.15, -0.1) is 0 Å². The lowest BCUT2D eigenvalue weighted by molar-refractivity contribution is 0.169. The number of methoxy groups -OCH3 is 1. The highest BCUT2D eigenvalue weighted by molar-refractivity contribution is 5.42. The van der Waals surface area contributed by atoms with E-state index >= 15 is 0 Å². The molecule has 1 saturated heterocycles. The van der Waals surface area contributed by atoms with Gasteiger partial charge in [0.2, 0.25) is 0 Å². The highest BCUT2D eigenvalue weighted by Crippen LogP contribution is 2.13. The van der Waals surface area contributed by atoms with Gasteiger partial charge in [0.15, 0.2) is 0 Å². The molecule has 0 spiro atoms. The summed E-state index contributed by atoms with van der Waals surface area (Å²) in [5, 5.41) is 8.76. The zero-order valence-electron chi connectivity index (χ0n) is 11.4. The van der Waals surface area contributed by atoms with Gasteiger partial charge in [0.1, 0.15) is 11.9 Å². The second-order valence-corrected chi connectivity index (χ2v) is 4.69. The molecule has 0 radical (unpaired) electrons. The minimum atomic E-state index is 0.613. The fourth-order valence-corrected chi connectivity index (χ4v) is 2.27. The average molecular weight is 260 g/mol. The molecule has 0 bridgehead atoms. The predicted octanol–water partition coefficient (Wildman–Crippen LogP) is 1.11. The van der Waals surface area contributed by atoms with Gasteiger partial charge in [0.25, 0.3) is 0 Å². The van der Waals surface area contributed by atoms with E-state index in [-0.39, 0.29) is 0 Å². The topological polar surface area (TPSA) is 52.4 Å². The molecule has 0 unspecified atom stereocenters. The van der Waals surface area contributed by atoms with Crippen LogP contribution in [-0.4, -0.2) is 56.3 Å². The number of pyridine rings is 1. The van der Waals surface area contributed by atoms with E-state index in [2.05, 4.69) is 20.9 Å². The van der Waals surface area contributed by atoms with Gasteiger partial charge >= 0.3 is 0 Å². The maximum absolute atomic E-state index is 8.76. The molecule has 1 aliphatic rings. The summed E-state index contributed by atoms with van der Waals surface area (Å²) < 4.78 is 5.07. The Morgan fingerprint density at radius 2 is 2.11 bits per heavy atom. The minimum absolute atomic E-state index is 0.613. The molecule has 0 aromatic carbocycles. The molecule has 0 amide bonds. The van der Waals surface area contributed by atoms with Crippen molar-refractivity contribution >= 4 is 5.82 Å². The lowest BCUT2D eigenvalue weighted by Crippen LogP contribution is -2.47. The van der Waals surface area contributed by atoms with Crippen molar-refractivity contribution in [3.8, 4) is 6.07 Å². The molecule has 19 heavy (non-hydrogen) atoms. The molecule has 2 rings (SSSR count). The van der Waals surface area contributed by atoms with Crippen molar-refractivity contribution in [2.75, 3.05) is 51.3 Å². The summed E-state index contributed by atoms with van der Waals surface area (Å²) >= 11 is 0. The quantitative estimate of drug-likeness (QED) is 0.742. The Bertz CT molecular complexity index is 418. The summed E-state index contributed by atoms with van der Waals surface area (Å²) in [6.07, 6.45) is 2.73. The molecule has 1 fully saturated rings. The van der Waals surface area contributed by atoms with Crippen LogP contribution in [0.2, 0.25) is 0 Å². The Labute approximate surface area is 114 Å². The van der Waals surface area contributed by atoms with Crippen LogP contribution in [0.4, 0.5) is 5.82 Å². The van der Waals surface area contributed by atoms with E-state index in [1.54, 1.807) is 13.3 Å². The first-order valence-corrected chi connectivity index (χ1v) is 6.66. The summed E-state index contributed by atoms with van der Waals surface area (Å²) in [5.41, 5.74) is 0.613. The van der Waals surface area contributed by atoms with Crippen LogP contribution in [-0.2, 0) is 4.74 Å². The second kappa shape index (κ2) is 7.07. The number of aromatic nitrogens is 1. The van der Waals surface area contributed by atoms with E-state index in [9.17, 15) is 0 Å². The molecule has 5 nitrogen and oxygen atoms in total. The number of piperazine rings is 1. The number of hydrogen-bond acceptors (Lipinski definition) is 5. The van der Waals surface area contributed by atoms with E-state index in [0.717, 1.165) is 51.6 Å². The summed E-state index contributed by atoms with van der Waals surface area (Å²) in [6, 6.07) is 5.85. The van der Waals surface area contributed by atoms with Crippen LogP contribution in [0.15, 0.2) is 18.3 Å². The molecule has 0 N–H and O–H groups in total. The largest absolute Gasteiger partial charge is 0.385 e. The molecule has 0 saturated carbocycles. The number of anilines is 1. The molecule has 1 aliphatic heterocycles. The standard InChI is InChI=1S/C14H20N4O/c1-19-10-2-5-17-6-8-18(9-7-17)14-4-3-13(11-15)12-16-14/h3-4,12H,2,5-10H2,1H3. The summed E-state index contributed by atoms with van der Waals surface area (Å²) in [5.74, 6) is 0.968. The SMILES string of the molecule is COCCCN1CCN(c2ccc(C#N)cn2)CC1. The van der Waals surface area contributed by atoms with E-state index in [0.29, 0.717) is 5.56 Å². The highest BCUT2D eigenvalue weighted by atomic mass is 16.5. The fraction of sp³-hybridized carbons (Fsp3) is 0.571. The number of nitrogens with zero attached hydrogens (tertiary/aromatic N) is 4. The highest BCUT2D eigenvalue weighted by Gasteiger charge is 2.17. The molecule has 0 atom stereocenters. The predicted molar refractivity (Wildman–Crippen MR) is 74.1 cm³/mol. The number of nitriles is 1. The zero-order chi connectivity index (χ0) is 13.5. The van der Waals surface area contributed by atoms with Crippen molar-refractivity contribution in [2.45, 2.75) is 6.42 Å². The molecule has 102 valence electrons. The lowest BCUT2D eigenvalue weighted by atomic mass is 10.2. The third kappa shape index (κ3) is 3.91. The number of rotatable bonds is 5. The number of ether oxygens (including phenoxy) is 1. The Kier molecular flexibility index (Phi) is 5.13. The van der Waals surface area contributed by atoms with Crippen molar-refractivity contribution in [3.05, 3.63) is 23.9 Å². The smallest absolute Gasteiger partial charge is 0.128 e. The van der Waals surface area contributed by atoms with Gasteiger partial charge in [-0.3, -0.25) is 4.90 Å². The third-order valence-electron chi connectivity index (χ3n) is 3.40. The summed E-state index contributed by atoms with van der Waals surface area (Å²) in [4.78, 5) is 9.07. The van der Waals surface area contributed by atoms with Crippen LogP contribution in [0.25, 0.3) is 0 Å². The first-order chi connectivity index (χ1) is 9.33. The van der Waals surface area contributed by atoms with Crippen LogP contribution >= 0.6 is 0 Å². The second-order valence-electron chi connectivity index (χ2n) is 4.69. The van der Waals surface area contributed by atoms with E-state index in [4.69, 9.17) is 10.00 Å². The zero-order valence-corrected chi connectivity index (χ0v) is 11.4. The van der Waals surface area contributed by atoms with Crippen LogP contribution in [0, 0.1) is 11.3 Å². The molecular formula is C14H20N4O. The first-order valence-electron chi connectivity index (χ1n) is 6.66. The Morgan fingerprint density at radius 1 is 1.32 bits per heavy atom. The van der Waals surface area contributed by atoms with Gasteiger partial charge in [0.05, 0.1) is 5.56 Å². The van der Waals surface area contributed by atoms with E-state index < -0.39 is 0 Å². The maximum atomic E-state index is 8.76. The maximum Gasteiger partial charge on any atom is 0.128 e. The number of hydrogen-bond donors (Lipinski definition) is 0. The molecule has 5 heteroatoms. The Hall–Kier alpha value is -1.64. The summed E-state index contributed by atoms with van der Waals surface area (Å²) in [6.45, 7) is 6.04. The Balaban J connectivity index is 1.80. The van der Waals surface area contributed by atoms with Crippen molar-refractivity contribution < 1.29 is 4.74 Å². The van der Waals surface area contributed by atoms with Gasteiger partial charge < -0.3 is 9.64 Å². The molecule has 0 aliphatic carbocycles. The summed E-state index contributed by atoms with van der Waals surface area (Å²) in [7, 11) is 1.74. The van der Waals surface area contributed by atoms with E-state index in [1.165, 1.54) is 0 Å². The van der Waals surface area contributed by atoms with Crippen LogP contribution in [0.5, 0.6) is 0 Å². The average Bonchev–Trinajstić information content (AvgIpc) is 2.48. The first kappa shape index (κ1) is 13.8. The third-order valence-corrected chi connectivity index (χ3v) is 3.40. The van der Waals surface area contributed by atoms with E-state index in [1.807, 2.05) is 12.1 Å². The molecule has 2 heterocycles. The van der Waals surface area contributed by atoms with Crippen LogP contribution in [0.1, 0.15) is 12.0 Å². The molecular weight excluding hydrogens is 240 g/mol. The van der Waals surface area contributed by atoms with Crippen molar-refractivity contribution in [1.29, 1.82) is 5.26 Å². The van der Waals surface area contributed by atoms with Gasteiger partial charge in [-0.25, -0.2) is 4.98 Å². The minimum Gasteiger partial charge on any atom is -0.385 e. The Morgan fingerprint density at radius 3 is 2.68 bits per heavy atom. The van der Waals surface area contributed by atoms with Crippen molar-refractivity contribution in [2.24, 2.45) is 0 Å². The fourth-order valence-electron chi connectivity index (χ4n) is 2.27. The van der Waals surface area contributed by atoms with Gasteiger partial charge in [-0.05, 0) is 18.6 Å². The normalized spacial score (nSPS) is 16.3.